The minimum atomic E-state index is -1.38. The van der Waals surface area contributed by atoms with Gasteiger partial charge in [-0.05, 0) is 44.4 Å². The quantitative estimate of drug-likeness (QED) is 0.439. The second kappa shape index (κ2) is 13.3. The summed E-state index contributed by atoms with van der Waals surface area (Å²) in [5.74, 6) is -2.33. The Hall–Kier alpha value is -2.46. The number of carbonyl (C=O) groups excluding carboxylic acids is 4. The van der Waals surface area contributed by atoms with Crippen LogP contribution in [0.4, 0.5) is 4.39 Å². The molecule has 0 unspecified atom stereocenters. The molecule has 0 bridgehead atoms. The summed E-state index contributed by atoms with van der Waals surface area (Å²) in [7, 11) is 0. The minimum absolute atomic E-state index is 0.0298. The summed E-state index contributed by atoms with van der Waals surface area (Å²) >= 11 is 0.900. The molecule has 184 valence electrons. The predicted molar refractivity (Wildman–Crippen MR) is 124 cm³/mol. The molecule has 10 heteroatoms. The summed E-state index contributed by atoms with van der Waals surface area (Å²) in [5, 5.41) is 4.33. The molecular formula is C23H33FN2O6S. The fourth-order valence-corrected chi connectivity index (χ4v) is 3.57. The lowest BCUT2D eigenvalue weighted by Crippen LogP contribution is -2.60. The maximum atomic E-state index is 13.3. The van der Waals surface area contributed by atoms with Gasteiger partial charge >= 0.3 is 5.97 Å². The molecule has 2 amide bonds. The van der Waals surface area contributed by atoms with Gasteiger partial charge in [0.2, 0.25) is 11.8 Å². The molecule has 0 aliphatic carbocycles. The summed E-state index contributed by atoms with van der Waals surface area (Å²) in [5.41, 5.74) is -0.811. The fourth-order valence-electron chi connectivity index (χ4n) is 2.78. The molecule has 1 rings (SSSR count). The van der Waals surface area contributed by atoms with Crippen LogP contribution in [0.3, 0.4) is 0 Å². The average molecular weight is 485 g/mol. The van der Waals surface area contributed by atoms with E-state index in [-0.39, 0.29) is 30.9 Å². The van der Waals surface area contributed by atoms with Crippen LogP contribution in [0.2, 0.25) is 0 Å². The van der Waals surface area contributed by atoms with Gasteiger partial charge in [-0.1, -0.05) is 37.7 Å². The Kier molecular flexibility index (Phi) is 11.5. The Morgan fingerprint density at radius 2 is 1.85 bits per heavy atom. The van der Waals surface area contributed by atoms with Crippen molar-refractivity contribution in [3.8, 4) is 0 Å². The number of rotatable bonds is 12. The number of thioether (sulfide) groups is 1. The SMILES string of the molecule is CCOC(=O)[C@H](COCc1cccc(F)c1)NC(=O)C(C)(C)NC(=O)[C@@H](SC(C)=O)C(C)C. The van der Waals surface area contributed by atoms with Crippen LogP contribution in [0.5, 0.6) is 0 Å². The largest absolute Gasteiger partial charge is 0.464 e. The molecule has 1 aromatic carbocycles. The van der Waals surface area contributed by atoms with Crippen LogP contribution in [0.1, 0.15) is 47.1 Å². The van der Waals surface area contributed by atoms with E-state index in [9.17, 15) is 23.6 Å². The van der Waals surface area contributed by atoms with Gasteiger partial charge in [-0.2, -0.15) is 0 Å². The third-order valence-corrected chi connectivity index (χ3v) is 5.82. The van der Waals surface area contributed by atoms with Gasteiger partial charge in [-0.25, -0.2) is 9.18 Å². The van der Waals surface area contributed by atoms with E-state index >= 15 is 0 Å². The summed E-state index contributed by atoms with van der Waals surface area (Å²) in [6.45, 7) is 9.53. The van der Waals surface area contributed by atoms with Crippen molar-refractivity contribution in [2.75, 3.05) is 13.2 Å². The van der Waals surface area contributed by atoms with Crippen molar-refractivity contribution < 1.29 is 33.0 Å². The van der Waals surface area contributed by atoms with Gasteiger partial charge in [0, 0.05) is 6.92 Å². The number of hydrogen-bond donors (Lipinski definition) is 2. The van der Waals surface area contributed by atoms with Crippen molar-refractivity contribution in [3.05, 3.63) is 35.6 Å². The number of hydrogen-bond acceptors (Lipinski definition) is 7. The number of halogens is 1. The maximum absolute atomic E-state index is 13.3. The Labute approximate surface area is 198 Å². The van der Waals surface area contributed by atoms with E-state index < -0.39 is 40.4 Å². The number of amides is 2. The second-order valence-corrected chi connectivity index (χ2v) is 9.63. The van der Waals surface area contributed by atoms with E-state index in [2.05, 4.69) is 10.6 Å². The first-order valence-electron chi connectivity index (χ1n) is 10.7. The average Bonchev–Trinajstić information content (AvgIpc) is 2.70. The Morgan fingerprint density at radius 3 is 2.39 bits per heavy atom. The second-order valence-electron chi connectivity index (χ2n) is 8.31. The molecule has 0 aromatic heterocycles. The lowest BCUT2D eigenvalue weighted by atomic mass is 10.0. The Balaban J connectivity index is 2.83. The van der Waals surface area contributed by atoms with E-state index in [1.807, 2.05) is 0 Å². The van der Waals surface area contributed by atoms with Gasteiger partial charge in [0.1, 0.15) is 11.4 Å². The van der Waals surface area contributed by atoms with Crippen molar-refractivity contribution in [1.82, 2.24) is 10.6 Å². The van der Waals surface area contributed by atoms with Crippen molar-refractivity contribution in [1.29, 1.82) is 0 Å². The van der Waals surface area contributed by atoms with Crippen LogP contribution in [0.15, 0.2) is 24.3 Å². The van der Waals surface area contributed by atoms with Crippen molar-refractivity contribution in [3.63, 3.8) is 0 Å². The summed E-state index contributed by atoms with van der Waals surface area (Å²) < 4.78 is 23.8. The topological polar surface area (TPSA) is 111 Å². The number of ether oxygens (including phenoxy) is 2. The zero-order valence-electron chi connectivity index (χ0n) is 19.9. The molecule has 0 aliphatic rings. The molecule has 0 spiro atoms. The molecule has 8 nitrogen and oxygen atoms in total. The molecule has 1 aromatic rings. The summed E-state index contributed by atoms with van der Waals surface area (Å²) in [4.78, 5) is 49.4. The van der Waals surface area contributed by atoms with E-state index in [0.717, 1.165) is 11.8 Å². The third kappa shape index (κ3) is 9.91. The predicted octanol–water partition coefficient (Wildman–Crippen LogP) is 2.59. The molecule has 0 fully saturated rings. The van der Waals surface area contributed by atoms with E-state index in [1.165, 1.54) is 32.9 Å². The maximum Gasteiger partial charge on any atom is 0.331 e. The number of benzene rings is 1. The van der Waals surface area contributed by atoms with E-state index in [1.54, 1.807) is 32.9 Å². The van der Waals surface area contributed by atoms with Crippen LogP contribution in [0, 0.1) is 11.7 Å². The van der Waals surface area contributed by atoms with Gasteiger partial charge in [-0.15, -0.1) is 0 Å². The van der Waals surface area contributed by atoms with Crippen molar-refractivity contribution in [2.45, 2.75) is 65.0 Å². The first-order valence-corrected chi connectivity index (χ1v) is 11.5. The number of nitrogens with one attached hydrogen (secondary N) is 2. The van der Waals surface area contributed by atoms with E-state index in [0.29, 0.717) is 5.56 Å². The first-order chi connectivity index (χ1) is 15.4. The lowest BCUT2D eigenvalue weighted by Gasteiger charge is -2.30. The van der Waals surface area contributed by atoms with Gasteiger partial charge in [0.15, 0.2) is 11.2 Å². The number of esters is 1. The molecule has 0 radical (unpaired) electrons. The van der Waals surface area contributed by atoms with E-state index in [4.69, 9.17) is 9.47 Å². The van der Waals surface area contributed by atoms with Gasteiger partial charge in [-0.3, -0.25) is 14.4 Å². The lowest BCUT2D eigenvalue weighted by molar-refractivity contribution is -0.150. The molecule has 2 N–H and O–H groups in total. The fraction of sp³-hybridized carbons (Fsp3) is 0.565. The highest BCUT2D eigenvalue weighted by molar-refractivity contribution is 8.14. The number of carbonyl (C=O) groups is 4. The molecule has 0 heterocycles. The zero-order valence-corrected chi connectivity index (χ0v) is 20.7. The molecule has 2 atom stereocenters. The summed E-state index contributed by atoms with van der Waals surface area (Å²) in [6, 6.07) is 4.69. The van der Waals surface area contributed by atoms with Crippen molar-refractivity contribution in [2.24, 2.45) is 5.92 Å². The third-order valence-electron chi connectivity index (χ3n) is 4.48. The van der Waals surface area contributed by atoms with Crippen LogP contribution >= 0.6 is 11.8 Å². The van der Waals surface area contributed by atoms with Crippen molar-refractivity contribution >= 4 is 34.7 Å². The van der Waals surface area contributed by atoms with Crippen LogP contribution in [0.25, 0.3) is 0 Å². The van der Waals surface area contributed by atoms with Crippen LogP contribution in [-0.4, -0.2) is 52.9 Å². The highest BCUT2D eigenvalue weighted by Crippen LogP contribution is 2.21. The van der Waals surface area contributed by atoms with Crippen LogP contribution in [-0.2, 0) is 35.3 Å². The van der Waals surface area contributed by atoms with Gasteiger partial charge in [0.05, 0.1) is 25.1 Å². The molecule has 0 saturated carbocycles. The van der Waals surface area contributed by atoms with Crippen LogP contribution < -0.4 is 10.6 Å². The zero-order chi connectivity index (χ0) is 25.2. The Bertz CT molecular complexity index is 846. The minimum Gasteiger partial charge on any atom is -0.464 e. The standard InChI is InChI=1S/C23H33FN2O6S/c1-7-32-21(29)18(13-31-12-16-9-8-10-17(24)11-16)25-22(30)23(5,6)26-20(28)19(14(2)3)33-15(4)27/h8-11,14,18-19H,7,12-13H2,1-6H3,(H,25,30)(H,26,28)/t18-,19-/m0/s1. The Morgan fingerprint density at radius 1 is 1.18 bits per heavy atom. The highest BCUT2D eigenvalue weighted by Gasteiger charge is 2.36. The monoisotopic (exact) mass is 484 g/mol. The molecule has 0 aliphatic heterocycles. The first kappa shape index (κ1) is 28.6. The molecule has 33 heavy (non-hydrogen) atoms. The summed E-state index contributed by atoms with van der Waals surface area (Å²) in [6.07, 6.45) is 0. The smallest absolute Gasteiger partial charge is 0.331 e. The molecule has 0 saturated heterocycles. The molecular weight excluding hydrogens is 451 g/mol. The van der Waals surface area contributed by atoms with Gasteiger partial charge < -0.3 is 20.1 Å². The van der Waals surface area contributed by atoms with Gasteiger partial charge in [0.25, 0.3) is 0 Å². The normalized spacial score (nSPS) is 13.2. The highest BCUT2D eigenvalue weighted by atomic mass is 32.2.